The molecule has 1 aliphatic carbocycles. The first kappa shape index (κ1) is 20.6. The van der Waals surface area contributed by atoms with Crippen molar-refractivity contribution in [3.8, 4) is 5.75 Å². The molecule has 1 aromatic carbocycles. The summed E-state index contributed by atoms with van der Waals surface area (Å²) in [7, 11) is 0. The van der Waals surface area contributed by atoms with Crippen molar-refractivity contribution in [1.82, 2.24) is 0 Å². The number of ether oxygens (including phenoxy) is 1. The average Bonchev–Trinajstić information content (AvgIpc) is 3.34. The van der Waals surface area contributed by atoms with E-state index < -0.39 is 11.8 Å². The molecule has 0 aromatic heterocycles. The predicted molar refractivity (Wildman–Crippen MR) is 96.1 cm³/mol. The third-order valence-electron chi connectivity index (χ3n) is 5.55. The molecule has 0 aliphatic heterocycles. The minimum atomic E-state index is -1.29. The standard InChI is InChI=1S/C20H29FO5/c1-19(2,3)20(6-7-20)15-10-14(18(24)25)16(21)11-17(15)26-12-13(4-8-22)5-9-23/h10-11,13,22-23H,4-9,12H2,1-3H3,(H,24,25). The van der Waals surface area contributed by atoms with Gasteiger partial charge in [-0.15, -0.1) is 0 Å². The van der Waals surface area contributed by atoms with Gasteiger partial charge in [0.25, 0.3) is 0 Å². The number of aliphatic hydroxyl groups excluding tert-OH is 2. The van der Waals surface area contributed by atoms with Crippen molar-refractivity contribution in [2.24, 2.45) is 11.3 Å². The second-order valence-electron chi connectivity index (χ2n) is 8.17. The van der Waals surface area contributed by atoms with Crippen molar-refractivity contribution in [1.29, 1.82) is 0 Å². The van der Waals surface area contributed by atoms with Crippen LogP contribution in [0, 0.1) is 17.2 Å². The molecule has 0 saturated heterocycles. The number of rotatable bonds is 9. The van der Waals surface area contributed by atoms with E-state index >= 15 is 0 Å². The largest absolute Gasteiger partial charge is 0.493 e. The van der Waals surface area contributed by atoms with E-state index in [-0.39, 0.29) is 42.1 Å². The summed E-state index contributed by atoms with van der Waals surface area (Å²) in [5.41, 5.74) is 0.0403. The molecule has 6 heteroatoms. The maximum Gasteiger partial charge on any atom is 0.338 e. The number of aliphatic hydroxyl groups is 2. The molecule has 5 nitrogen and oxygen atoms in total. The highest BCUT2D eigenvalue weighted by atomic mass is 19.1. The third-order valence-corrected chi connectivity index (χ3v) is 5.55. The maximum absolute atomic E-state index is 14.3. The molecule has 1 aromatic rings. The van der Waals surface area contributed by atoms with Crippen molar-refractivity contribution in [3.63, 3.8) is 0 Å². The van der Waals surface area contributed by atoms with E-state index in [0.717, 1.165) is 18.4 Å². The Hall–Kier alpha value is -1.66. The van der Waals surface area contributed by atoms with Crippen molar-refractivity contribution >= 4 is 5.97 Å². The monoisotopic (exact) mass is 368 g/mol. The van der Waals surface area contributed by atoms with E-state index in [2.05, 4.69) is 20.8 Å². The van der Waals surface area contributed by atoms with E-state index in [1.165, 1.54) is 12.1 Å². The average molecular weight is 368 g/mol. The van der Waals surface area contributed by atoms with Crippen LogP contribution in [0.1, 0.15) is 62.4 Å². The van der Waals surface area contributed by atoms with Crippen molar-refractivity contribution in [3.05, 3.63) is 29.1 Å². The molecule has 0 radical (unpaired) electrons. The summed E-state index contributed by atoms with van der Waals surface area (Å²) in [5.74, 6) is -1.80. The fourth-order valence-electron chi connectivity index (χ4n) is 3.64. The van der Waals surface area contributed by atoms with Crippen LogP contribution in [-0.2, 0) is 5.41 Å². The summed E-state index contributed by atoms with van der Waals surface area (Å²) in [6.07, 6.45) is 2.76. The number of hydrogen-bond donors (Lipinski definition) is 3. The molecule has 1 aliphatic rings. The van der Waals surface area contributed by atoms with E-state index in [0.29, 0.717) is 18.6 Å². The minimum Gasteiger partial charge on any atom is -0.493 e. The highest BCUT2D eigenvalue weighted by molar-refractivity contribution is 5.88. The van der Waals surface area contributed by atoms with Crippen LogP contribution in [0.2, 0.25) is 0 Å². The third kappa shape index (κ3) is 4.18. The van der Waals surface area contributed by atoms with Crippen molar-refractivity contribution < 1.29 is 29.2 Å². The fraction of sp³-hybridized carbons (Fsp3) is 0.650. The van der Waals surface area contributed by atoms with Gasteiger partial charge in [0.15, 0.2) is 0 Å². The van der Waals surface area contributed by atoms with E-state index in [9.17, 15) is 14.3 Å². The molecule has 0 bridgehead atoms. The summed E-state index contributed by atoms with van der Waals surface area (Å²) in [4.78, 5) is 11.4. The van der Waals surface area contributed by atoms with Crippen LogP contribution >= 0.6 is 0 Å². The summed E-state index contributed by atoms with van der Waals surface area (Å²) in [6.45, 7) is 6.48. The second kappa shape index (κ2) is 7.92. The molecule has 146 valence electrons. The molecule has 0 amide bonds. The lowest BCUT2D eigenvalue weighted by atomic mass is 9.72. The van der Waals surface area contributed by atoms with E-state index in [1.54, 1.807) is 0 Å². The van der Waals surface area contributed by atoms with Gasteiger partial charge in [-0.05, 0) is 43.1 Å². The Morgan fingerprint density at radius 3 is 2.23 bits per heavy atom. The number of carboxylic acid groups (broad SMARTS) is 1. The molecule has 1 saturated carbocycles. The van der Waals surface area contributed by atoms with Gasteiger partial charge in [0, 0.05) is 30.3 Å². The number of carboxylic acids is 1. The molecule has 3 N–H and O–H groups in total. The van der Waals surface area contributed by atoms with Gasteiger partial charge in [-0.3, -0.25) is 0 Å². The van der Waals surface area contributed by atoms with Crippen molar-refractivity contribution in [2.75, 3.05) is 19.8 Å². The van der Waals surface area contributed by atoms with Crippen LogP contribution in [0.3, 0.4) is 0 Å². The predicted octanol–water partition coefficient (Wildman–Crippen LogP) is 3.36. The molecule has 0 spiro atoms. The van der Waals surface area contributed by atoms with Crippen LogP contribution in [-0.4, -0.2) is 41.1 Å². The maximum atomic E-state index is 14.3. The molecule has 26 heavy (non-hydrogen) atoms. The van der Waals surface area contributed by atoms with Crippen LogP contribution in [0.25, 0.3) is 0 Å². The zero-order valence-corrected chi connectivity index (χ0v) is 15.7. The van der Waals surface area contributed by atoms with Crippen LogP contribution in [0.15, 0.2) is 12.1 Å². The SMILES string of the molecule is CC(C)(C)C1(c2cc(C(=O)O)c(F)cc2OCC(CCO)CCO)CC1. The molecule has 1 fully saturated rings. The quantitative estimate of drug-likeness (QED) is 0.622. The van der Waals surface area contributed by atoms with E-state index in [4.69, 9.17) is 14.9 Å². The normalized spacial score (nSPS) is 16.0. The second-order valence-corrected chi connectivity index (χ2v) is 8.17. The number of benzene rings is 1. The van der Waals surface area contributed by atoms with Gasteiger partial charge in [0.2, 0.25) is 0 Å². The summed E-state index contributed by atoms with van der Waals surface area (Å²) < 4.78 is 20.2. The summed E-state index contributed by atoms with van der Waals surface area (Å²) in [6, 6.07) is 2.58. The number of halogens is 1. The zero-order valence-electron chi connectivity index (χ0n) is 15.7. The number of aromatic carboxylic acids is 1. The highest BCUT2D eigenvalue weighted by Crippen LogP contribution is 2.61. The van der Waals surface area contributed by atoms with Gasteiger partial charge in [0.1, 0.15) is 11.6 Å². The Balaban J connectivity index is 2.38. The van der Waals surface area contributed by atoms with Crippen LogP contribution in [0.5, 0.6) is 5.75 Å². The first-order chi connectivity index (χ1) is 12.2. The molecule has 2 rings (SSSR count). The number of hydrogen-bond acceptors (Lipinski definition) is 4. The Kier molecular flexibility index (Phi) is 6.29. The zero-order chi connectivity index (χ0) is 19.5. The molecular formula is C20H29FO5. The lowest BCUT2D eigenvalue weighted by Gasteiger charge is -2.33. The van der Waals surface area contributed by atoms with Crippen molar-refractivity contribution in [2.45, 2.75) is 51.9 Å². The smallest absolute Gasteiger partial charge is 0.338 e. The summed E-state index contributed by atoms with van der Waals surface area (Å²) in [5, 5.41) is 27.6. The first-order valence-electron chi connectivity index (χ1n) is 9.08. The van der Waals surface area contributed by atoms with Gasteiger partial charge in [-0.1, -0.05) is 20.8 Å². The van der Waals surface area contributed by atoms with Gasteiger partial charge in [-0.25, -0.2) is 9.18 Å². The summed E-state index contributed by atoms with van der Waals surface area (Å²) >= 11 is 0. The van der Waals surface area contributed by atoms with Crippen LogP contribution in [0.4, 0.5) is 4.39 Å². The van der Waals surface area contributed by atoms with E-state index in [1.807, 2.05) is 0 Å². The molecule has 0 atom stereocenters. The topological polar surface area (TPSA) is 87.0 Å². The minimum absolute atomic E-state index is 0.0148. The Morgan fingerprint density at radius 2 is 1.81 bits per heavy atom. The lowest BCUT2D eigenvalue weighted by Crippen LogP contribution is -2.28. The molecule has 0 unspecified atom stereocenters. The lowest BCUT2D eigenvalue weighted by molar-refractivity contribution is 0.0691. The van der Waals surface area contributed by atoms with Crippen LogP contribution < -0.4 is 4.74 Å². The number of carbonyl (C=O) groups is 1. The first-order valence-corrected chi connectivity index (χ1v) is 9.08. The van der Waals surface area contributed by atoms with Gasteiger partial charge < -0.3 is 20.1 Å². The Labute approximate surface area is 153 Å². The molecule has 0 heterocycles. The van der Waals surface area contributed by atoms with Gasteiger partial charge in [0.05, 0.1) is 12.2 Å². The van der Waals surface area contributed by atoms with Gasteiger partial charge >= 0.3 is 5.97 Å². The Morgan fingerprint density at radius 1 is 1.23 bits per heavy atom. The Bertz CT molecular complexity index is 640. The highest BCUT2D eigenvalue weighted by Gasteiger charge is 2.54. The molecular weight excluding hydrogens is 339 g/mol. The van der Waals surface area contributed by atoms with Gasteiger partial charge in [-0.2, -0.15) is 0 Å². The fourth-order valence-corrected chi connectivity index (χ4v) is 3.64.